The zero-order chi connectivity index (χ0) is 70.5. The number of rotatable bonds is 25. The summed E-state index contributed by atoms with van der Waals surface area (Å²) in [4.78, 5) is 28.7. The van der Waals surface area contributed by atoms with Gasteiger partial charge in [0.15, 0.2) is 59.9 Å². The quantitative estimate of drug-likeness (QED) is 0.0669. The van der Waals surface area contributed by atoms with Gasteiger partial charge in [-0.2, -0.15) is 0 Å². The second-order valence-corrected chi connectivity index (χ2v) is 48.4. The predicted molar refractivity (Wildman–Crippen MR) is 376 cm³/mol. The number of nitrogens with one attached hydrogen (secondary N) is 2. The van der Waals surface area contributed by atoms with E-state index in [1.165, 1.54) is 0 Å². The average molecular weight is 1410 g/mol. The molecule has 1 saturated carbocycles. The summed E-state index contributed by atoms with van der Waals surface area (Å²) in [5.41, 5.74) is 2.42. The Hall–Kier alpha value is -3.68. The maximum atomic E-state index is 14.6. The van der Waals surface area contributed by atoms with E-state index in [1.807, 2.05) is 119 Å². The van der Waals surface area contributed by atoms with Gasteiger partial charge in [0.25, 0.3) is 0 Å². The number of sulfone groups is 1. The van der Waals surface area contributed by atoms with Crippen LogP contribution in [0.3, 0.4) is 0 Å². The Morgan fingerprint density at radius 3 is 1.52 bits per heavy atom. The van der Waals surface area contributed by atoms with Crippen LogP contribution in [-0.2, 0) is 83.7 Å². The smallest absolute Gasteiger partial charge is 0.407 e. The number of carbonyl (C=O) groups is 2. The van der Waals surface area contributed by atoms with Crippen molar-refractivity contribution in [2.75, 3.05) is 18.1 Å². The first-order valence-electron chi connectivity index (χ1n) is 35.0. The van der Waals surface area contributed by atoms with Gasteiger partial charge in [0.1, 0.15) is 43.7 Å². The number of amides is 2. The minimum Gasteiger partial charge on any atom is -0.445 e. The largest absolute Gasteiger partial charge is 0.445 e. The summed E-state index contributed by atoms with van der Waals surface area (Å²) < 4.78 is 119. The number of hydrogen-bond acceptors (Lipinski definition) is 18. The van der Waals surface area contributed by atoms with Crippen molar-refractivity contribution in [3.63, 3.8) is 0 Å². The fraction of sp³-hybridized carbons (Fsp3) is 0.722. The fourth-order valence-electron chi connectivity index (χ4n) is 12.8. The van der Waals surface area contributed by atoms with E-state index in [9.17, 15) is 23.1 Å². The summed E-state index contributed by atoms with van der Waals surface area (Å²) in [6, 6.07) is 26.5. The van der Waals surface area contributed by atoms with Gasteiger partial charge in [0, 0.05) is 23.2 Å². The minimum absolute atomic E-state index is 0.00161. The molecule has 2 amide bonds. The molecule has 4 heterocycles. The molecule has 96 heavy (non-hydrogen) atoms. The maximum absolute atomic E-state index is 14.6. The number of alkyl carbamates (subject to hydrolysis) is 2. The third-order valence-electron chi connectivity index (χ3n) is 21.5. The topological polar surface area (TPSA) is 233 Å². The van der Waals surface area contributed by atoms with Crippen LogP contribution in [0.5, 0.6) is 0 Å². The lowest BCUT2D eigenvalue weighted by Gasteiger charge is -2.53. The number of hydrogen-bond donors (Lipinski definition) is 3. The lowest BCUT2D eigenvalue weighted by atomic mass is 9.77. The van der Waals surface area contributed by atoms with E-state index in [0.717, 1.165) is 16.7 Å². The first kappa shape index (κ1) is 78.0. The normalized spacial score (nSPS) is 32.6. The van der Waals surface area contributed by atoms with Crippen LogP contribution in [0.4, 0.5) is 9.59 Å². The Bertz CT molecular complexity index is 3060. The first-order chi connectivity index (χ1) is 44.9. The second-order valence-electron chi connectivity index (χ2n) is 31.9. The third-order valence-corrected chi connectivity index (χ3v) is 36.9. The lowest BCUT2D eigenvalue weighted by Crippen LogP contribution is -2.70. The van der Waals surface area contributed by atoms with E-state index in [2.05, 4.69) is 119 Å². The summed E-state index contributed by atoms with van der Waals surface area (Å²) in [5.74, 6) is -2.10. The van der Waals surface area contributed by atoms with Crippen molar-refractivity contribution < 1.29 is 83.8 Å². The van der Waals surface area contributed by atoms with Crippen molar-refractivity contribution in [2.45, 2.75) is 295 Å². The molecule has 8 rings (SSSR count). The number of aliphatic hydroxyl groups excluding tert-OH is 1. The van der Waals surface area contributed by atoms with Gasteiger partial charge in [0.2, 0.25) is 0 Å². The molecule has 4 saturated heterocycles. The summed E-state index contributed by atoms with van der Waals surface area (Å²) in [6.45, 7) is 42.5. The van der Waals surface area contributed by atoms with Crippen LogP contribution in [0.1, 0.15) is 146 Å². The molecule has 4 aliphatic heterocycles. The number of carbonyl (C=O) groups excluding carboxylic acids is 2. The highest BCUT2D eigenvalue weighted by Crippen LogP contribution is 2.48. The molecule has 24 heteroatoms. The van der Waals surface area contributed by atoms with Gasteiger partial charge < -0.3 is 76.4 Å². The third kappa shape index (κ3) is 19.1. The maximum Gasteiger partial charge on any atom is 0.407 e. The van der Waals surface area contributed by atoms with Gasteiger partial charge in [-0.1, -0.05) is 188 Å². The molecule has 0 radical (unpaired) electrons. The molecule has 1 aliphatic carbocycles. The van der Waals surface area contributed by atoms with Crippen molar-refractivity contribution >= 4 is 47.0 Å². The molecule has 540 valence electrons. The standard InChI is InChI=1S/C72H116N2O18SSi3/c1-21-39-93(78,79)44-50-40-45(4)57(86-65-54(73-68(76)81-41-47-33-27-24-28-34-47)46(5)58-53(85-65)43-80-64(87-58)49-37-31-26-32-38-49)62(56(50)75)89-67-63(92-96(19,20)72(12,13)14)59(51(22-2)84-67)88-66-55(74-69(77)82-42-48-35-29-25-30-36-48)61(91-95(17,18)71(9,10)11)60(52(23-3)83-66)90-94(15,16)70(6,7)8/h24-38,45-46,50-67,75H,21-23,39-44H2,1-20H3,(H,73,76)(H,74,77)/t45-,46+,50-,51+,52-,53+,54+,55+,56-,57+,58-,59+,60+,61+,62+,63+,64?,65+,66+,67-/m0/s1. The predicted octanol–water partition coefficient (Wildman–Crippen LogP) is 13.5. The van der Waals surface area contributed by atoms with Crippen molar-refractivity contribution in [3.8, 4) is 0 Å². The molecule has 3 aromatic carbocycles. The molecule has 3 aromatic rings. The molecule has 0 bridgehead atoms. The van der Waals surface area contributed by atoms with Crippen molar-refractivity contribution in [1.82, 2.24) is 10.6 Å². The van der Waals surface area contributed by atoms with Gasteiger partial charge in [-0.05, 0) is 97.1 Å². The van der Waals surface area contributed by atoms with E-state index < -0.39 is 169 Å². The minimum atomic E-state index is -3.66. The van der Waals surface area contributed by atoms with Gasteiger partial charge in [-0.15, -0.1) is 0 Å². The van der Waals surface area contributed by atoms with Crippen LogP contribution in [0.15, 0.2) is 91.0 Å². The van der Waals surface area contributed by atoms with Crippen molar-refractivity contribution in [3.05, 3.63) is 108 Å². The first-order valence-corrected chi connectivity index (χ1v) is 45.5. The van der Waals surface area contributed by atoms with E-state index in [-0.39, 0.29) is 52.9 Å². The Kier molecular flexibility index (Phi) is 26.1. The molecule has 3 N–H and O–H groups in total. The fourth-order valence-corrected chi connectivity index (χ4v) is 18.4. The lowest BCUT2D eigenvalue weighted by molar-refractivity contribution is -0.353. The Morgan fingerprint density at radius 1 is 0.562 bits per heavy atom. The highest BCUT2D eigenvalue weighted by atomic mass is 32.2. The van der Waals surface area contributed by atoms with Gasteiger partial charge in [-0.25, -0.2) is 18.0 Å². The number of fused-ring (bicyclic) bond motifs is 1. The van der Waals surface area contributed by atoms with Gasteiger partial charge in [0.05, 0.1) is 61.1 Å². The van der Waals surface area contributed by atoms with Crippen LogP contribution < -0.4 is 10.6 Å². The van der Waals surface area contributed by atoms with E-state index in [1.54, 1.807) is 0 Å². The average Bonchev–Trinajstić information content (AvgIpc) is 1.34. The van der Waals surface area contributed by atoms with Crippen LogP contribution in [-0.4, -0.2) is 167 Å². The zero-order valence-electron chi connectivity index (χ0n) is 60.9. The molecule has 1 unspecified atom stereocenters. The number of aliphatic hydroxyl groups is 1. The van der Waals surface area contributed by atoms with E-state index in [0.29, 0.717) is 19.3 Å². The van der Waals surface area contributed by atoms with Gasteiger partial charge >= 0.3 is 12.2 Å². The van der Waals surface area contributed by atoms with Crippen LogP contribution in [0.25, 0.3) is 0 Å². The highest BCUT2D eigenvalue weighted by molar-refractivity contribution is 7.91. The SMILES string of the molecule is CCCS(=O)(=O)C[C@@H]1C[C@H](C)[C@@H](O[C@H]2O[C@@H]3COC(c4ccccc4)O[C@H]3[C@H](C)[C@H]2NC(=O)OCc2ccccc2)[C@H](O[C@@H]2O[C@H](CC)[C@@H](O[C@H]3O[C@@H](CC)[C@@H](O[Si](C)(C)C(C)(C)C)[C@H](O[Si](C)(C)C(C)(C)C)[C@H]3NC(=O)OCc3ccccc3)[C@H]2O[Si](C)(C)C(C)(C)C)[C@H]1O. The Morgan fingerprint density at radius 2 is 1.01 bits per heavy atom. The molecule has 5 fully saturated rings. The van der Waals surface area contributed by atoms with Crippen LogP contribution >= 0.6 is 0 Å². The summed E-state index contributed by atoms with van der Waals surface area (Å²) in [6.07, 6.45) is -14.0. The Balaban J connectivity index is 1.20. The molecular formula is C72H116N2O18SSi3. The summed E-state index contributed by atoms with van der Waals surface area (Å²) in [7, 11) is -11.9. The summed E-state index contributed by atoms with van der Waals surface area (Å²) >= 11 is 0. The molecule has 5 aliphatic rings. The van der Waals surface area contributed by atoms with Crippen molar-refractivity contribution in [1.29, 1.82) is 0 Å². The highest BCUT2D eigenvalue weighted by Gasteiger charge is 2.60. The number of ether oxygens (including phenoxy) is 10. The molecule has 20 nitrogen and oxygen atoms in total. The zero-order valence-corrected chi connectivity index (χ0v) is 64.7. The second kappa shape index (κ2) is 32.1. The van der Waals surface area contributed by atoms with Crippen molar-refractivity contribution in [2.24, 2.45) is 17.8 Å². The van der Waals surface area contributed by atoms with Gasteiger partial charge in [-0.3, -0.25) is 0 Å². The van der Waals surface area contributed by atoms with Crippen LogP contribution in [0.2, 0.25) is 54.4 Å². The molecule has 20 atom stereocenters. The number of benzene rings is 3. The monoisotopic (exact) mass is 1410 g/mol. The van der Waals surface area contributed by atoms with Crippen LogP contribution in [0, 0.1) is 17.8 Å². The summed E-state index contributed by atoms with van der Waals surface area (Å²) in [5, 5.41) is 18.6. The Labute approximate surface area is 576 Å². The molecular weight excluding hydrogens is 1300 g/mol. The molecule has 0 aromatic heterocycles. The van der Waals surface area contributed by atoms with E-state index >= 15 is 0 Å². The van der Waals surface area contributed by atoms with E-state index in [4.69, 9.17) is 60.6 Å². The molecule has 0 spiro atoms.